The van der Waals surface area contributed by atoms with Crippen molar-refractivity contribution in [3.05, 3.63) is 57.6 Å². The lowest BCUT2D eigenvalue weighted by molar-refractivity contribution is -0.120. The Kier molecular flexibility index (Phi) is 7.54. The molecule has 0 bridgehead atoms. The highest BCUT2D eigenvalue weighted by Gasteiger charge is 2.30. The Morgan fingerprint density at radius 3 is 2.47 bits per heavy atom. The van der Waals surface area contributed by atoms with E-state index in [1.807, 2.05) is 0 Å². The number of rotatable bonds is 7. The summed E-state index contributed by atoms with van der Waals surface area (Å²) in [7, 11) is 0. The van der Waals surface area contributed by atoms with Crippen LogP contribution in [-0.2, 0) is 11.2 Å². The summed E-state index contributed by atoms with van der Waals surface area (Å²) in [5, 5.41) is 4.17. The molecule has 2 saturated heterocycles. The number of benzene rings is 2. The highest BCUT2D eigenvalue weighted by Crippen LogP contribution is 2.39. The molecule has 2 aliphatic rings. The van der Waals surface area contributed by atoms with Gasteiger partial charge in [0.15, 0.2) is 0 Å². The number of amides is 1. The zero-order valence-corrected chi connectivity index (χ0v) is 19.4. The van der Waals surface area contributed by atoms with E-state index in [0.29, 0.717) is 47.1 Å². The van der Waals surface area contributed by atoms with Crippen LogP contribution in [0.3, 0.4) is 0 Å². The molecule has 2 fully saturated rings. The van der Waals surface area contributed by atoms with E-state index in [-0.39, 0.29) is 11.8 Å². The van der Waals surface area contributed by atoms with Gasteiger partial charge in [-0.05, 0) is 68.5 Å². The van der Waals surface area contributed by atoms with Crippen molar-refractivity contribution >= 4 is 40.5 Å². The van der Waals surface area contributed by atoms with Gasteiger partial charge in [-0.3, -0.25) is 4.79 Å². The molecule has 1 atom stereocenters. The van der Waals surface area contributed by atoms with Crippen molar-refractivity contribution in [2.75, 3.05) is 42.9 Å². The van der Waals surface area contributed by atoms with Crippen LogP contribution in [0.2, 0.25) is 10.0 Å². The van der Waals surface area contributed by atoms with Crippen LogP contribution < -0.4 is 10.2 Å². The molecule has 1 N–H and O–H groups in total. The lowest BCUT2D eigenvalue weighted by atomic mass is 9.90. The molecule has 172 valence electrons. The minimum atomic E-state index is -0.598. The van der Waals surface area contributed by atoms with E-state index in [4.69, 9.17) is 23.2 Å². The van der Waals surface area contributed by atoms with Crippen LogP contribution in [-0.4, -0.2) is 43.5 Å². The van der Waals surface area contributed by atoms with Crippen molar-refractivity contribution in [3.8, 4) is 0 Å². The van der Waals surface area contributed by atoms with Crippen LogP contribution >= 0.6 is 23.2 Å². The van der Waals surface area contributed by atoms with Crippen LogP contribution in [0.1, 0.15) is 31.2 Å². The highest BCUT2D eigenvalue weighted by atomic mass is 35.5. The molecule has 1 amide bonds. The van der Waals surface area contributed by atoms with E-state index in [1.54, 1.807) is 17.0 Å². The van der Waals surface area contributed by atoms with Crippen LogP contribution in [0.15, 0.2) is 30.3 Å². The number of likely N-dealkylation sites (tertiary alicyclic amines) is 1. The SMILES string of the molecule is O=C1CCC(Cc2ccc(F)cc2F)CN1c1c(Cl)cc(NCCN2CCCC2)cc1Cl. The first-order valence-electron chi connectivity index (χ1n) is 11.1. The van der Waals surface area contributed by atoms with Gasteiger partial charge in [-0.15, -0.1) is 0 Å². The summed E-state index contributed by atoms with van der Waals surface area (Å²) in [5.41, 5.74) is 1.76. The standard InChI is InChI=1S/C24H27Cl2F2N3O/c25-20-13-19(29-7-10-30-8-1-2-9-30)14-21(26)24(20)31-15-16(3-6-23(31)32)11-17-4-5-18(27)12-22(17)28/h4-5,12-14,16,29H,1-3,6-11,15H2. The number of halogens is 4. The number of nitrogens with one attached hydrogen (secondary N) is 1. The summed E-state index contributed by atoms with van der Waals surface area (Å²) < 4.78 is 27.3. The van der Waals surface area contributed by atoms with Crippen molar-refractivity contribution in [3.63, 3.8) is 0 Å². The third kappa shape index (κ3) is 5.53. The van der Waals surface area contributed by atoms with Crippen molar-refractivity contribution in [2.24, 2.45) is 5.92 Å². The Morgan fingerprint density at radius 2 is 1.78 bits per heavy atom. The predicted molar refractivity (Wildman–Crippen MR) is 126 cm³/mol. The monoisotopic (exact) mass is 481 g/mol. The van der Waals surface area contributed by atoms with Crippen LogP contribution in [0, 0.1) is 17.6 Å². The first-order chi connectivity index (χ1) is 15.4. The molecule has 4 rings (SSSR count). The topological polar surface area (TPSA) is 35.6 Å². The van der Waals surface area contributed by atoms with E-state index in [1.165, 1.54) is 25.0 Å². The molecular weight excluding hydrogens is 455 g/mol. The molecule has 0 saturated carbocycles. The lowest BCUT2D eigenvalue weighted by Crippen LogP contribution is -2.41. The summed E-state index contributed by atoms with van der Waals surface area (Å²) in [5.74, 6) is -1.19. The highest BCUT2D eigenvalue weighted by molar-refractivity contribution is 6.40. The molecule has 0 aromatic heterocycles. The number of anilines is 2. The van der Waals surface area contributed by atoms with Gasteiger partial charge in [0.25, 0.3) is 0 Å². The first kappa shape index (κ1) is 23.3. The van der Waals surface area contributed by atoms with Crippen LogP contribution in [0.5, 0.6) is 0 Å². The minimum absolute atomic E-state index is 0.0260. The second-order valence-corrected chi connectivity index (χ2v) is 9.43. The lowest BCUT2D eigenvalue weighted by Gasteiger charge is -2.34. The van der Waals surface area contributed by atoms with E-state index in [9.17, 15) is 13.6 Å². The molecule has 2 aromatic carbocycles. The van der Waals surface area contributed by atoms with Gasteiger partial charge in [0.1, 0.15) is 11.6 Å². The first-order valence-corrected chi connectivity index (χ1v) is 11.9. The summed E-state index contributed by atoms with van der Waals surface area (Å²) >= 11 is 13.1. The molecule has 2 aliphatic heterocycles. The number of hydrogen-bond donors (Lipinski definition) is 1. The molecule has 0 aliphatic carbocycles. The third-order valence-electron chi connectivity index (χ3n) is 6.27. The van der Waals surface area contributed by atoms with E-state index in [2.05, 4.69) is 10.2 Å². The molecule has 8 heteroatoms. The van der Waals surface area contributed by atoms with Gasteiger partial charge in [-0.1, -0.05) is 29.3 Å². The number of nitrogens with zero attached hydrogens (tertiary/aromatic N) is 2. The number of piperidine rings is 1. The molecule has 2 aromatic rings. The van der Waals surface area contributed by atoms with Gasteiger partial charge in [-0.2, -0.15) is 0 Å². The van der Waals surface area contributed by atoms with Gasteiger partial charge in [0.2, 0.25) is 5.91 Å². The van der Waals surface area contributed by atoms with E-state index < -0.39 is 11.6 Å². The van der Waals surface area contributed by atoms with Crippen molar-refractivity contribution < 1.29 is 13.6 Å². The fourth-order valence-electron chi connectivity index (χ4n) is 4.58. The largest absolute Gasteiger partial charge is 0.384 e. The number of carbonyl (C=O) groups excluding carboxylic acids is 1. The Morgan fingerprint density at radius 1 is 1.06 bits per heavy atom. The fourth-order valence-corrected chi connectivity index (χ4v) is 5.28. The maximum absolute atomic E-state index is 14.1. The maximum Gasteiger partial charge on any atom is 0.227 e. The molecule has 1 unspecified atom stereocenters. The molecule has 0 radical (unpaired) electrons. The zero-order valence-electron chi connectivity index (χ0n) is 17.8. The molecular formula is C24H27Cl2F2N3O. The Labute approximate surface area is 197 Å². The maximum atomic E-state index is 14.1. The second kappa shape index (κ2) is 10.4. The quantitative estimate of drug-likeness (QED) is 0.545. The van der Waals surface area contributed by atoms with Gasteiger partial charge in [0, 0.05) is 37.8 Å². The van der Waals surface area contributed by atoms with Gasteiger partial charge >= 0.3 is 0 Å². The van der Waals surface area contributed by atoms with Crippen molar-refractivity contribution in [2.45, 2.75) is 32.1 Å². The van der Waals surface area contributed by atoms with E-state index >= 15 is 0 Å². The Balaban J connectivity index is 1.44. The van der Waals surface area contributed by atoms with Crippen molar-refractivity contribution in [1.82, 2.24) is 4.90 Å². The minimum Gasteiger partial charge on any atom is -0.384 e. The number of hydrogen-bond acceptors (Lipinski definition) is 3. The zero-order chi connectivity index (χ0) is 22.7. The molecule has 2 heterocycles. The molecule has 4 nitrogen and oxygen atoms in total. The smallest absolute Gasteiger partial charge is 0.227 e. The average molecular weight is 482 g/mol. The molecule has 32 heavy (non-hydrogen) atoms. The van der Waals surface area contributed by atoms with E-state index in [0.717, 1.165) is 37.9 Å². The van der Waals surface area contributed by atoms with Gasteiger partial charge in [0.05, 0.1) is 15.7 Å². The number of carbonyl (C=O) groups is 1. The summed E-state index contributed by atoms with van der Waals surface area (Å²) in [6, 6.07) is 7.21. The van der Waals surface area contributed by atoms with Crippen molar-refractivity contribution in [1.29, 1.82) is 0 Å². The fraction of sp³-hybridized carbons (Fsp3) is 0.458. The second-order valence-electron chi connectivity index (χ2n) is 8.61. The van der Waals surface area contributed by atoms with Gasteiger partial charge in [-0.25, -0.2) is 8.78 Å². The summed E-state index contributed by atoms with van der Waals surface area (Å²) in [6.07, 6.45) is 3.89. The summed E-state index contributed by atoms with van der Waals surface area (Å²) in [6.45, 7) is 4.42. The normalized spacial score (nSPS) is 19.6. The Hall–Kier alpha value is -1.89. The van der Waals surface area contributed by atoms with Crippen LogP contribution in [0.4, 0.5) is 20.2 Å². The summed E-state index contributed by atoms with van der Waals surface area (Å²) in [4.78, 5) is 16.7. The van der Waals surface area contributed by atoms with Crippen LogP contribution in [0.25, 0.3) is 0 Å². The third-order valence-corrected chi connectivity index (χ3v) is 6.85. The predicted octanol–water partition coefficient (Wildman–Crippen LogP) is 5.77. The Bertz CT molecular complexity index is 959. The van der Waals surface area contributed by atoms with Gasteiger partial charge < -0.3 is 15.1 Å². The molecule has 0 spiro atoms. The average Bonchev–Trinajstić information content (AvgIpc) is 3.25.